The second-order valence-electron chi connectivity index (χ2n) is 4.05. The Kier molecular flexibility index (Phi) is 2.99. The molecule has 2 rings (SSSR count). The van der Waals surface area contributed by atoms with Gasteiger partial charge in [0, 0.05) is 11.7 Å². The van der Waals surface area contributed by atoms with E-state index in [2.05, 4.69) is 5.32 Å². The van der Waals surface area contributed by atoms with E-state index in [4.69, 9.17) is 10.5 Å². The summed E-state index contributed by atoms with van der Waals surface area (Å²) in [6.07, 6.45) is 3.32. The van der Waals surface area contributed by atoms with Gasteiger partial charge in [0.25, 0.3) is 5.91 Å². The van der Waals surface area contributed by atoms with Crippen LogP contribution in [0.15, 0.2) is 18.2 Å². The molecule has 0 aromatic heterocycles. The first-order valence-corrected chi connectivity index (χ1v) is 5.45. The van der Waals surface area contributed by atoms with Gasteiger partial charge in [0.05, 0.1) is 12.7 Å². The van der Waals surface area contributed by atoms with Crippen molar-refractivity contribution in [3.05, 3.63) is 23.8 Å². The van der Waals surface area contributed by atoms with Gasteiger partial charge in [-0.05, 0) is 37.5 Å². The van der Waals surface area contributed by atoms with Crippen molar-refractivity contribution in [3.8, 4) is 5.75 Å². The molecule has 0 atom stereocenters. The molecule has 1 aromatic rings. The third-order valence-electron chi connectivity index (χ3n) is 2.95. The Hall–Kier alpha value is -1.71. The minimum absolute atomic E-state index is 0.110. The average Bonchev–Trinajstić information content (AvgIpc) is 2.24. The van der Waals surface area contributed by atoms with Crippen LogP contribution in [0.2, 0.25) is 0 Å². The van der Waals surface area contributed by atoms with Crippen LogP contribution >= 0.6 is 0 Å². The molecule has 0 bridgehead atoms. The summed E-state index contributed by atoms with van der Waals surface area (Å²) in [6.45, 7) is 0. The number of ether oxygens (including phenoxy) is 1. The monoisotopic (exact) mass is 220 g/mol. The Morgan fingerprint density at radius 1 is 1.50 bits per heavy atom. The van der Waals surface area contributed by atoms with Crippen LogP contribution in [0.1, 0.15) is 29.6 Å². The van der Waals surface area contributed by atoms with Crippen LogP contribution < -0.4 is 15.8 Å². The fraction of sp³-hybridized carbons (Fsp3) is 0.417. The van der Waals surface area contributed by atoms with Gasteiger partial charge in [-0.25, -0.2) is 0 Å². The number of nitrogens with one attached hydrogen (secondary N) is 1. The van der Waals surface area contributed by atoms with E-state index in [1.165, 1.54) is 6.42 Å². The summed E-state index contributed by atoms with van der Waals surface area (Å²) in [5.41, 5.74) is 6.74. The van der Waals surface area contributed by atoms with E-state index in [0.29, 0.717) is 23.0 Å². The van der Waals surface area contributed by atoms with Crippen LogP contribution in [-0.2, 0) is 0 Å². The normalized spacial score (nSPS) is 15.3. The second kappa shape index (κ2) is 4.43. The fourth-order valence-electron chi connectivity index (χ4n) is 1.67. The summed E-state index contributed by atoms with van der Waals surface area (Å²) in [6, 6.07) is 5.42. The molecule has 0 heterocycles. The molecule has 4 heteroatoms. The summed E-state index contributed by atoms with van der Waals surface area (Å²) in [5.74, 6) is 0.536. The first kappa shape index (κ1) is 10.8. The number of hydrogen-bond acceptors (Lipinski definition) is 3. The molecule has 1 aromatic carbocycles. The zero-order valence-electron chi connectivity index (χ0n) is 9.32. The molecule has 0 radical (unpaired) electrons. The summed E-state index contributed by atoms with van der Waals surface area (Å²) in [4.78, 5) is 11.9. The van der Waals surface area contributed by atoms with Crippen molar-refractivity contribution in [1.29, 1.82) is 0 Å². The molecule has 0 unspecified atom stereocenters. The second-order valence-corrected chi connectivity index (χ2v) is 4.05. The van der Waals surface area contributed by atoms with Gasteiger partial charge in [0.2, 0.25) is 0 Å². The lowest BCUT2D eigenvalue weighted by Crippen LogP contribution is -2.39. The maximum atomic E-state index is 11.9. The number of benzene rings is 1. The lowest BCUT2D eigenvalue weighted by atomic mass is 9.93. The predicted molar refractivity (Wildman–Crippen MR) is 62.5 cm³/mol. The highest BCUT2D eigenvalue weighted by atomic mass is 16.5. The summed E-state index contributed by atoms with van der Waals surface area (Å²) in [7, 11) is 1.57. The SMILES string of the molecule is COc1ccc(N)c(C(=O)NC2CCC2)c1. The molecule has 4 nitrogen and oxygen atoms in total. The molecule has 3 N–H and O–H groups in total. The van der Waals surface area contributed by atoms with E-state index in [0.717, 1.165) is 12.8 Å². The maximum absolute atomic E-state index is 11.9. The van der Waals surface area contributed by atoms with Crippen molar-refractivity contribution >= 4 is 11.6 Å². The molecule has 86 valence electrons. The van der Waals surface area contributed by atoms with Gasteiger partial charge in [0.1, 0.15) is 5.75 Å². The maximum Gasteiger partial charge on any atom is 0.253 e. The zero-order chi connectivity index (χ0) is 11.5. The molecular weight excluding hydrogens is 204 g/mol. The molecule has 1 fully saturated rings. The van der Waals surface area contributed by atoms with Gasteiger partial charge in [-0.2, -0.15) is 0 Å². The molecule has 1 amide bonds. The first-order valence-electron chi connectivity index (χ1n) is 5.45. The standard InChI is InChI=1S/C12H16N2O2/c1-16-9-5-6-11(13)10(7-9)12(15)14-8-3-2-4-8/h5-8H,2-4,13H2,1H3,(H,14,15). The van der Waals surface area contributed by atoms with Gasteiger partial charge >= 0.3 is 0 Å². The van der Waals surface area contributed by atoms with Gasteiger partial charge in [0.15, 0.2) is 0 Å². The van der Waals surface area contributed by atoms with Crippen molar-refractivity contribution in [2.45, 2.75) is 25.3 Å². The molecular formula is C12H16N2O2. The van der Waals surface area contributed by atoms with Gasteiger partial charge < -0.3 is 15.8 Å². The minimum Gasteiger partial charge on any atom is -0.497 e. The number of carbonyl (C=O) groups excluding carboxylic acids is 1. The van der Waals surface area contributed by atoms with Gasteiger partial charge in [-0.15, -0.1) is 0 Å². The summed E-state index contributed by atoms with van der Waals surface area (Å²) >= 11 is 0. The van der Waals surface area contributed by atoms with Crippen LogP contribution in [0.25, 0.3) is 0 Å². The third-order valence-corrected chi connectivity index (χ3v) is 2.95. The van der Waals surface area contributed by atoms with E-state index in [1.807, 2.05) is 0 Å². The van der Waals surface area contributed by atoms with Crippen LogP contribution in [-0.4, -0.2) is 19.1 Å². The first-order chi connectivity index (χ1) is 7.70. The topological polar surface area (TPSA) is 64.3 Å². The minimum atomic E-state index is -0.110. The van der Waals surface area contributed by atoms with E-state index in [9.17, 15) is 4.79 Å². The molecule has 1 aliphatic carbocycles. The molecule has 1 saturated carbocycles. The van der Waals surface area contributed by atoms with E-state index in [1.54, 1.807) is 25.3 Å². The van der Waals surface area contributed by atoms with Crippen molar-refractivity contribution < 1.29 is 9.53 Å². The fourth-order valence-corrected chi connectivity index (χ4v) is 1.67. The van der Waals surface area contributed by atoms with Crippen LogP contribution in [0.3, 0.4) is 0 Å². The number of rotatable bonds is 3. The van der Waals surface area contributed by atoms with Crippen molar-refractivity contribution in [3.63, 3.8) is 0 Å². The number of carbonyl (C=O) groups is 1. The van der Waals surface area contributed by atoms with E-state index >= 15 is 0 Å². The Balaban J connectivity index is 2.13. The highest BCUT2D eigenvalue weighted by molar-refractivity contribution is 5.99. The number of amides is 1. The Labute approximate surface area is 94.8 Å². The zero-order valence-corrected chi connectivity index (χ0v) is 9.32. The predicted octanol–water partition coefficient (Wildman–Crippen LogP) is 1.56. The number of hydrogen-bond donors (Lipinski definition) is 2. The molecule has 1 aliphatic rings. The van der Waals surface area contributed by atoms with Gasteiger partial charge in [-0.3, -0.25) is 4.79 Å². The Bertz CT molecular complexity index is 400. The quantitative estimate of drug-likeness (QED) is 0.760. The number of nitrogen functional groups attached to an aromatic ring is 1. The largest absolute Gasteiger partial charge is 0.497 e. The van der Waals surface area contributed by atoms with Crippen molar-refractivity contribution in [2.75, 3.05) is 12.8 Å². The Morgan fingerprint density at radius 3 is 2.81 bits per heavy atom. The lowest BCUT2D eigenvalue weighted by molar-refractivity contribution is 0.0917. The van der Waals surface area contributed by atoms with Crippen molar-refractivity contribution in [2.24, 2.45) is 0 Å². The highest BCUT2D eigenvalue weighted by Crippen LogP contribution is 2.22. The van der Waals surface area contributed by atoms with E-state index < -0.39 is 0 Å². The van der Waals surface area contributed by atoms with Crippen LogP contribution in [0.4, 0.5) is 5.69 Å². The average molecular weight is 220 g/mol. The van der Waals surface area contributed by atoms with Gasteiger partial charge in [-0.1, -0.05) is 0 Å². The Morgan fingerprint density at radius 2 is 2.25 bits per heavy atom. The number of methoxy groups -OCH3 is 1. The molecule has 16 heavy (non-hydrogen) atoms. The van der Waals surface area contributed by atoms with Crippen LogP contribution in [0.5, 0.6) is 5.75 Å². The van der Waals surface area contributed by atoms with Crippen molar-refractivity contribution in [1.82, 2.24) is 5.32 Å². The van der Waals surface area contributed by atoms with Crippen LogP contribution in [0, 0.1) is 0 Å². The highest BCUT2D eigenvalue weighted by Gasteiger charge is 2.21. The molecule has 0 saturated heterocycles. The summed E-state index contributed by atoms with van der Waals surface area (Å²) < 4.78 is 5.07. The molecule has 0 spiro atoms. The smallest absolute Gasteiger partial charge is 0.253 e. The number of anilines is 1. The lowest BCUT2D eigenvalue weighted by Gasteiger charge is -2.26. The third kappa shape index (κ3) is 2.10. The molecule has 0 aliphatic heterocycles. The number of nitrogens with two attached hydrogens (primary N) is 1. The summed E-state index contributed by atoms with van der Waals surface area (Å²) in [5, 5.41) is 2.95. The van der Waals surface area contributed by atoms with E-state index in [-0.39, 0.29) is 5.91 Å².